The number of hydrogen-bond acceptors (Lipinski definition) is 4. The van der Waals surface area contributed by atoms with E-state index in [1.807, 2.05) is 26.0 Å². The first-order valence-corrected chi connectivity index (χ1v) is 6.31. The third-order valence-electron chi connectivity index (χ3n) is 2.38. The van der Waals surface area contributed by atoms with E-state index < -0.39 is 0 Å². The number of carbonyl (C=O) groups is 1. The van der Waals surface area contributed by atoms with Crippen LogP contribution in [0.2, 0.25) is 4.34 Å². The van der Waals surface area contributed by atoms with Crippen LogP contribution in [0.25, 0.3) is 0 Å². The average Bonchev–Trinajstić information content (AvgIpc) is 2.63. The zero-order chi connectivity index (χ0) is 12.1. The van der Waals surface area contributed by atoms with Crippen LogP contribution in [0.15, 0.2) is 12.1 Å². The summed E-state index contributed by atoms with van der Waals surface area (Å²) in [4.78, 5) is 11.5. The second kappa shape index (κ2) is 6.11. The van der Waals surface area contributed by atoms with Crippen LogP contribution in [0, 0.1) is 11.8 Å². The number of ether oxygens (including phenoxy) is 1. The molecular formula is C11H16ClNO2S. The Bertz CT molecular complexity index is 352. The molecule has 1 aromatic heterocycles. The maximum Gasteiger partial charge on any atom is 0.310 e. The van der Waals surface area contributed by atoms with Crippen LogP contribution in [0.1, 0.15) is 13.8 Å². The Labute approximate surface area is 105 Å². The zero-order valence-corrected chi connectivity index (χ0v) is 11.2. The average molecular weight is 262 g/mol. The monoisotopic (exact) mass is 261 g/mol. The Morgan fingerprint density at radius 2 is 2.25 bits per heavy atom. The highest BCUT2D eigenvalue weighted by Crippen LogP contribution is 2.26. The van der Waals surface area contributed by atoms with Crippen molar-refractivity contribution in [2.24, 2.45) is 11.8 Å². The summed E-state index contributed by atoms with van der Waals surface area (Å²) in [7, 11) is 1.42. The molecule has 0 aliphatic carbocycles. The maximum absolute atomic E-state index is 11.5. The van der Waals surface area contributed by atoms with Crippen molar-refractivity contribution in [3.63, 3.8) is 0 Å². The van der Waals surface area contributed by atoms with E-state index in [2.05, 4.69) is 5.32 Å². The molecule has 0 fully saturated rings. The van der Waals surface area contributed by atoms with E-state index in [0.717, 1.165) is 9.34 Å². The first-order chi connectivity index (χ1) is 7.54. The lowest BCUT2D eigenvalue weighted by atomic mass is 9.96. The number of halogens is 1. The topological polar surface area (TPSA) is 38.3 Å². The number of methoxy groups -OCH3 is 1. The van der Waals surface area contributed by atoms with Crippen molar-refractivity contribution in [3.05, 3.63) is 16.5 Å². The lowest BCUT2D eigenvalue weighted by molar-refractivity contribution is -0.146. The first kappa shape index (κ1) is 13.3. The Balaban J connectivity index is 2.53. The minimum Gasteiger partial charge on any atom is -0.469 e. The van der Waals surface area contributed by atoms with Gasteiger partial charge < -0.3 is 10.1 Å². The number of carbonyl (C=O) groups excluding carboxylic acids is 1. The summed E-state index contributed by atoms with van der Waals surface area (Å²) < 4.78 is 5.50. The molecule has 1 aromatic rings. The third kappa shape index (κ3) is 3.68. The van der Waals surface area contributed by atoms with Crippen molar-refractivity contribution in [1.82, 2.24) is 0 Å². The summed E-state index contributed by atoms with van der Waals surface area (Å²) in [5.74, 6) is -0.0635. The fraction of sp³-hybridized carbons (Fsp3) is 0.545. The van der Waals surface area contributed by atoms with Gasteiger partial charge in [0.25, 0.3) is 0 Å². The van der Waals surface area contributed by atoms with Crippen LogP contribution in [0.5, 0.6) is 0 Å². The molecule has 0 aliphatic rings. The Morgan fingerprint density at radius 3 is 2.69 bits per heavy atom. The number of hydrogen-bond donors (Lipinski definition) is 1. The number of esters is 1. The molecule has 0 saturated heterocycles. The van der Waals surface area contributed by atoms with Crippen LogP contribution in [0.3, 0.4) is 0 Å². The molecule has 1 heterocycles. The van der Waals surface area contributed by atoms with Crippen molar-refractivity contribution in [2.45, 2.75) is 13.8 Å². The molecule has 1 rings (SSSR count). The smallest absolute Gasteiger partial charge is 0.310 e. The summed E-state index contributed by atoms with van der Waals surface area (Å²) in [6.45, 7) is 4.58. The molecule has 90 valence electrons. The van der Waals surface area contributed by atoms with Crippen molar-refractivity contribution < 1.29 is 9.53 Å². The number of thiophene rings is 1. The van der Waals surface area contributed by atoms with Gasteiger partial charge in [0.15, 0.2) is 0 Å². The van der Waals surface area contributed by atoms with E-state index >= 15 is 0 Å². The fourth-order valence-corrected chi connectivity index (χ4v) is 2.31. The minimum absolute atomic E-state index is 0.133. The van der Waals surface area contributed by atoms with Crippen molar-refractivity contribution >= 4 is 33.9 Å². The van der Waals surface area contributed by atoms with Crippen LogP contribution in [-0.2, 0) is 9.53 Å². The molecular weight excluding hydrogens is 246 g/mol. The summed E-state index contributed by atoms with van der Waals surface area (Å²) in [6, 6.07) is 3.73. The predicted molar refractivity (Wildman–Crippen MR) is 68.2 cm³/mol. The molecule has 1 N–H and O–H groups in total. The second-order valence-corrected chi connectivity index (χ2v) is 5.57. The van der Waals surface area contributed by atoms with Crippen molar-refractivity contribution in [3.8, 4) is 0 Å². The highest BCUT2D eigenvalue weighted by molar-refractivity contribution is 7.19. The highest BCUT2D eigenvalue weighted by Gasteiger charge is 2.22. The number of nitrogens with one attached hydrogen (secondary N) is 1. The maximum atomic E-state index is 11.5. The molecule has 0 aliphatic heterocycles. The van der Waals surface area contributed by atoms with Crippen molar-refractivity contribution in [2.75, 3.05) is 19.0 Å². The van der Waals surface area contributed by atoms with E-state index in [1.54, 1.807) is 0 Å². The molecule has 0 spiro atoms. The molecule has 3 nitrogen and oxygen atoms in total. The standard InChI is InChI=1S/C11H16ClNO2S/c1-7(2)8(11(14)15-3)6-13-10-5-4-9(12)16-10/h4-5,7-8,13H,6H2,1-3H3. The summed E-state index contributed by atoms with van der Waals surface area (Å²) >= 11 is 7.28. The van der Waals surface area contributed by atoms with Gasteiger partial charge in [-0.3, -0.25) is 4.79 Å². The minimum atomic E-state index is -0.176. The van der Waals surface area contributed by atoms with Crippen LogP contribution >= 0.6 is 22.9 Å². The lowest BCUT2D eigenvalue weighted by Gasteiger charge is -2.18. The van der Waals surface area contributed by atoms with Crippen molar-refractivity contribution in [1.29, 1.82) is 0 Å². The van der Waals surface area contributed by atoms with Crippen LogP contribution in [0.4, 0.5) is 5.00 Å². The number of rotatable bonds is 5. The third-order valence-corrected chi connectivity index (χ3v) is 3.57. The van der Waals surface area contributed by atoms with E-state index in [4.69, 9.17) is 16.3 Å². The van der Waals surface area contributed by atoms with E-state index in [0.29, 0.717) is 6.54 Å². The Hall–Kier alpha value is -0.740. The zero-order valence-electron chi connectivity index (χ0n) is 9.62. The normalized spacial score (nSPS) is 12.6. The van der Waals surface area contributed by atoms with E-state index in [-0.39, 0.29) is 17.8 Å². The molecule has 5 heteroatoms. The van der Waals surface area contributed by atoms with Gasteiger partial charge in [-0.1, -0.05) is 25.4 Å². The fourth-order valence-electron chi connectivity index (χ4n) is 1.36. The van der Waals surface area contributed by atoms with Crippen LogP contribution in [-0.4, -0.2) is 19.6 Å². The Kier molecular flexibility index (Phi) is 5.09. The molecule has 0 radical (unpaired) electrons. The van der Waals surface area contributed by atoms with Gasteiger partial charge in [-0.05, 0) is 18.1 Å². The van der Waals surface area contributed by atoms with Gasteiger partial charge in [-0.25, -0.2) is 0 Å². The van der Waals surface area contributed by atoms with Gasteiger partial charge in [0.2, 0.25) is 0 Å². The molecule has 0 bridgehead atoms. The van der Waals surface area contributed by atoms with Gasteiger partial charge in [0.05, 0.1) is 22.4 Å². The SMILES string of the molecule is COC(=O)C(CNc1ccc(Cl)s1)C(C)C. The van der Waals surface area contributed by atoms with Gasteiger partial charge in [-0.15, -0.1) is 11.3 Å². The second-order valence-electron chi connectivity index (χ2n) is 3.86. The molecule has 1 atom stereocenters. The van der Waals surface area contributed by atoms with Gasteiger partial charge in [0, 0.05) is 6.54 Å². The molecule has 0 saturated carbocycles. The predicted octanol–water partition coefficient (Wildman–Crippen LogP) is 3.26. The summed E-state index contributed by atoms with van der Waals surface area (Å²) in [6.07, 6.45) is 0. The number of anilines is 1. The molecule has 0 amide bonds. The van der Waals surface area contributed by atoms with Crippen LogP contribution < -0.4 is 5.32 Å². The largest absolute Gasteiger partial charge is 0.469 e. The Morgan fingerprint density at radius 1 is 1.56 bits per heavy atom. The van der Waals surface area contributed by atoms with E-state index in [9.17, 15) is 4.79 Å². The molecule has 16 heavy (non-hydrogen) atoms. The molecule has 0 aromatic carbocycles. The van der Waals surface area contributed by atoms with Gasteiger partial charge in [-0.2, -0.15) is 0 Å². The van der Waals surface area contributed by atoms with E-state index in [1.165, 1.54) is 18.4 Å². The highest BCUT2D eigenvalue weighted by atomic mass is 35.5. The summed E-state index contributed by atoms with van der Waals surface area (Å²) in [5.41, 5.74) is 0. The van der Waals surface area contributed by atoms with Gasteiger partial charge >= 0.3 is 5.97 Å². The lowest BCUT2D eigenvalue weighted by Crippen LogP contribution is -2.28. The quantitative estimate of drug-likeness (QED) is 0.827. The van der Waals surface area contributed by atoms with Gasteiger partial charge in [0.1, 0.15) is 0 Å². The first-order valence-electron chi connectivity index (χ1n) is 5.11. The molecule has 1 unspecified atom stereocenters. The summed E-state index contributed by atoms with van der Waals surface area (Å²) in [5, 5.41) is 4.17.